The highest BCUT2D eigenvalue weighted by Gasteiger charge is 2.14. The molecule has 3 aromatic rings. The first-order valence-electron chi connectivity index (χ1n) is 7.68. The van der Waals surface area contributed by atoms with Crippen molar-refractivity contribution in [3.8, 4) is 11.3 Å². The summed E-state index contributed by atoms with van der Waals surface area (Å²) < 4.78 is 5.46. The normalized spacial score (nSPS) is 12.5. The summed E-state index contributed by atoms with van der Waals surface area (Å²) in [4.78, 5) is 10.6. The van der Waals surface area contributed by atoms with Gasteiger partial charge in [0.1, 0.15) is 5.69 Å². The lowest BCUT2D eigenvalue weighted by atomic mass is 10.1. The molecule has 1 atom stereocenters. The molecule has 23 heavy (non-hydrogen) atoms. The van der Waals surface area contributed by atoms with Gasteiger partial charge in [0.15, 0.2) is 5.76 Å². The molecular formula is C18H20N4O. The van der Waals surface area contributed by atoms with Crippen LogP contribution in [0.1, 0.15) is 18.4 Å². The van der Waals surface area contributed by atoms with E-state index >= 15 is 0 Å². The molecule has 0 bridgehead atoms. The van der Waals surface area contributed by atoms with Crippen molar-refractivity contribution in [3.63, 3.8) is 0 Å². The Kier molecular flexibility index (Phi) is 4.78. The minimum Gasteiger partial charge on any atom is -0.359 e. The molecule has 3 heterocycles. The van der Waals surface area contributed by atoms with Gasteiger partial charge in [-0.25, -0.2) is 0 Å². The third kappa shape index (κ3) is 4.02. The Hall–Kier alpha value is -2.53. The molecule has 0 aliphatic rings. The van der Waals surface area contributed by atoms with Crippen LogP contribution in [0.3, 0.4) is 0 Å². The van der Waals surface area contributed by atoms with Gasteiger partial charge in [-0.3, -0.25) is 14.9 Å². The number of aromatic nitrogens is 3. The second-order valence-corrected chi connectivity index (χ2v) is 5.70. The van der Waals surface area contributed by atoms with Crippen LogP contribution >= 0.6 is 0 Å². The average Bonchev–Trinajstić information content (AvgIpc) is 3.05. The molecule has 1 unspecified atom stereocenters. The van der Waals surface area contributed by atoms with Crippen LogP contribution in [0.15, 0.2) is 59.5 Å². The van der Waals surface area contributed by atoms with Crippen molar-refractivity contribution in [2.45, 2.75) is 25.9 Å². The molecule has 3 aromatic heterocycles. The van der Waals surface area contributed by atoms with Gasteiger partial charge in [0.2, 0.25) is 0 Å². The summed E-state index contributed by atoms with van der Waals surface area (Å²) in [7, 11) is 2.09. The highest BCUT2D eigenvalue weighted by atomic mass is 16.5. The average molecular weight is 308 g/mol. The Morgan fingerprint density at radius 3 is 2.70 bits per heavy atom. The van der Waals surface area contributed by atoms with Gasteiger partial charge in [-0.1, -0.05) is 11.2 Å². The lowest BCUT2D eigenvalue weighted by Gasteiger charge is -2.23. The maximum absolute atomic E-state index is 5.46. The molecule has 0 aliphatic carbocycles. The molecule has 0 fully saturated rings. The van der Waals surface area contributed by atoms with Gasteiger partial charge < -0.3 is 4.52 Å². The lowest BCUT2D eigenvalue weighted by molar-refractivity contribution is 0.217. The summed E-state index contributed by atoms with van der Waals surface area (Å²) in [5, 5.41) is 4.14. The molecule has 0 radical (unpaired) electrons. The van der Waals surface area contributed by atoms with Crippen molar-refractivity contribution >= 4 is 0 Å². The van der Waals surface area contributed by atoms with Crippen molar-refractivity contribution < 1.29 is 4.52 Å². The second-order valence-electron chi connectivity index (χ2n) is 5.70. The molecule has 0 amide bonds. The van der Waals surface area contributed by atoms with E-state index in [2.05, 4.69) is 40.1 Å². The summed E-state index contributed by atoms with van der Waals surface area (Å²) in [6.07, 6.45) is 6.25. The largest absolute Gasteiger partial charge is 0.359 e. The highest BCUT2D eigenvalue weighted by Crippen LogP contribution is 2.19. The van der Waals surface area contributed by atoms with E-state index in [0.29, 0.717) is 12.6 Å². The van der Waals surface area contributed by atoms with Crippen molar-refractivity contribution in [2.24, 2.45) is 0 Å². The fraction of sp³-hybridized carbons (Fsp3) is 0.278. The van der Waals surface area contributed by atoms with E-state index in [1.54, 1.807) is 12.4 Å². The molecular weight excluding hydrogens is 288 g/mol. The van der Waals surface area contributed by atoms with E-state index in [9.17, 15) is 0 Å². The van der Waals surface area contributed by atoms with Gasteiger partial charge in [0.05, 0.1) is 6.54 Å². The summed E-state index contributed by atoms with van der Waals surface area (Å²) in [5.74, 6) is 0.854. The molecule has 0 N–H and O–H groups in total. The van der Waals surface area contributed by atoms with Crippen LogP contribution in [0.4, 0.5) is 0 Å². The maximum atomic E-state index is 5.46. The van der Waals surface area contributed by atoms with Crippen molar-refractivity contribution in [3.05, 3.63) is 66.4 Å². The zero-order chi connectivity index (χ0) is 16.1. The highest BCUT2D eigenvalue weighted by molar-refractivity contribution is 5.57. The van der Waals surface area contributed by atoms with Crippen LogP contribution < -0.4 is 0 Å². The predicted molar refractivity (Wildman–Crippen MR) is 88.6 cm³/mol. The van der Waals surface area contributed by atoms with Gasteiger partial charge in [0, 0.05) is 48.4 Å². The molecule has 0 aliphatic heterocycles. The maximum Gasteiger partial charge on any atom is 0.151 e. The van der Waals surface area contributed by atoms with Crippen LogP contribution in [0.25, 0.3) is 11.3 Å². The number of pyridine rings is 2. The topological polar surface area (TPSA) is 55.1 Å². The fourth-order valence-electron chi connectivity index (χ4n) is 2.43. The molecule has 0 saturated carbocycles. The Morgan fingerprint density at radius 2 is 1.96 bits per heavy atom. The number of likely N-dealkylation sites (N-methyl/N-ethyl adjacent to an activating group) is 1. The summed E-state index contributed by atoms with van der Waals surface area (Å²) >= 11 is 0. The summed E-state index contributed by atoms with van der Waals surface area (Å²) in [6, 6.07) is 12.2. The van der Waals surface area contributed by atoms with Gasteiger partial charge in [-0.05, 0) is 38.2 Å². The van der Waals surface area contributed by atoms with Crippen LogP contribution in [-0.2, 0) is 13.0 Å². The minimum atomic E-state index is 0.361. The van der Waals surface area contributed by atoms with Crippen LogP contribution in [0, 0.1) is 0 Å². The van der Waals surface area contributed by atoms with Crippen molar-refractivity contribution in [1.82, 2.24) is 20.0 Å². The first kappa shape index (κ1) is 15.4. The third-order valence-corrected chi connectivity index (χ3v) is 3.92. The van der Waals surface area contributed by atoms with Gasteiger partial charge >= 0.3 is 0 Å². The zero-order valence-corrected chi connectivity index (χ0v) is 13.4. The van der Waals surface area contributed by atoms with E-state index < -0.39 is 0 Å². The fourth-order valence-corrected chi connectivity index (χ4v) is 2.43. The number of nitrogens with zero attached hydrogens (tertiary/aromatic N) is 4. The van der Waals surface area contributed by atoms with E-state index in [1.807, 2.05) is 36.5 Å². The molecule has 118 valence electrons. The standard InChI is InChI=1S/C18H20N4O/c1-14(11-16-5-3-4-8-20-16)22(2)13-17-12-18(21-23-17)15-6-9-19-10-7-15/h3-10,12,14H,11,13H2,1-2H3. The van der Waals surface area contributed by atoms with Crippen LogP contribution in [0.2, 0.25) is 0 Å². The molecule has 0 spiro atoms. The lowest BCUT2D eigenvalue weighted by Crippen LogP contribution is -2.30. The summed E-state index contributed by atoms with van der Waals surface area (Å²) in [6.45, 7) is 2.90. The Labute approximate surface area is 136 Å². The third-order valence-electron chi connectivity index (χ3n) is 3.92. The Bertz CT molecular complexity index is 727. The van der Waals surface area contributed by atoms with E-state index in [1.165, 1.54) is 0 Å². The Balaban J connectivity index is 1.62. The second kappa shape index (κ2) is 7.15. The van der Waals surface area contributed by atoms with Crippen LogP contribution in [0.5, 0.6) is 0 Å². The monoisotopic (exact) mass is 308 g/mol. The van der Waals surface area contributed by atoms with Crippen molar-refractivity contribution in [2.75, 3.05) is 7.05 Å². The minimum absolute atomic E-state index is 0.361. The van der Waals surface area contributed by atoms with Gasteiger partial charge in [-0.15, -0.1) is 0 Å². The van der Waals surface area contributed by atoms with Crippen molar-refractivity contribution in [1.29, 1.82) is 0 Å². The van der Waals surface area contributed by atoms with Gasteiger partial charge in [-0.2, -0.15) is 0 Å². The van der Waals surface area contributed by atoms with E-state index in [-0.39, 0.29) is 0 Å². The summed E-state index contributed by atoms with van der Waals surface area (Å²) in [5.41, 5.74) is 2.95. The molecule has 5 heteroatoms. The zero-order valence-electron chi connectivity index (χ0n) is 13.4. The first-order valence-corrected chi connectivity index (χ1v) is 7.68. The molecule has 5 nitrogen and oxygen atoms in total. The molecule has 3 rings (SSSR count). The first-order chi connectivity index (χ1) is 11.2. The number of hydrogen-bond donors (Lipinski definition) is 0. The Morgan fingerprint density at radius 1 is 1.13 bits per heavy atom. The van der Waals surface area contributed by atoms with E-state index in [0.717, 1.165) is 29.1 Å². The van der Waals surface area contributed by atoms with E-state index in [4.69, 9.17) is 4.52 Å². The quantitative estimate of drug-likeness (QED) is 0.700. The smallest absolute Gasteiger partial charge is 0.151 e. The van der Waals surface area contributed by atoms with Crippen LogP contribution in [-0.4, -0.2) is 33.1 Å². The molecule has 0 saturated heterocycles. The predicted octanol–water partition coefficient (Wildman–Crippen LogP) is 3.19. The number of hydrogen-bond acceptors (Lipinski definition) is 5. The SMILES string of the molecule is CC(Cc1ccccn1)N(C)Cc1cc(-c2ccncc2)no1. The number of rotatable bonds is 6. The molecule has 0 aromatic carbocycles. The van der Waals surface area contributed by atoms with Gasteiger partial charge in [0.25, 0.3) is 0 Å².